The third-order valence-corrected chi connectivity index (χ3v) is 4.82. The number of hydrogen-bond acceptors (Lipinski definition) is 3. The van der Waals surface area contributed by atoms with Gasteiger partial charge >= 0.3 is 0 Å². The summed E-state index contributed by atoms with van der Waals surface area (Å²) in [4.78, 5) is 13.3. The van der Waals surface area contributed by atoms with Crippen LogP contribution in [0.4, 0.5) is 14.5 Å². The van der Waals surface area contributed by atoms with Gasteiger partial charge in [0, 0.05) is 14.3 Å². The zero-order valence-corrected chi connectivity index (χ0v) is 14.5. The average molecular weight is 404 g/mol. The highest BCUT2D eigenvalue weighted by atomic mass is 79.9. The summed E-state index contributed by atoms with van der Waals surface area (Å²) in [5, 5.41) is 2.68. The molecule has 2 rings (SSSR count). The lowest BCUT2D eigenvalue weighted by Crippen LogP contribution is -2.14. The van der Waals surface area contributed by atoms with Gasteiger partial charge in [-0.3, -0.25) is 4.79 Å². The van der Waals surface area contributed by atoms with Crippen LogP contribution < -0.4 is 5.32 Å². The van der Waals surface area contributed by atoms with Crippen LogP contribution in [0, 0.1) is 0 Å². The summed E-state index contributed by atoms with van der Waals surface area (Å²) in [6.07, 6.45) is 0. The van der Waals surface area contributed by atoms with E-state index in [1.165, 1.54) is 11.8 Å². The Labute approximate surface area is 144 Å². The molecule has 0 aliphatic carbocycles. The van der Waals surface area contributed by atoms with Crippen molar-refractivity contribution in [2.24, 2.45) is 0 Å². The summed E-state index contributed by atoms with van der Waals surface area (Å²) in [7, 11) is 0. The molecule has 2 aromatic rings. The molecule has 0 aromatic heterocycles. The molecule has 0 saturated heterocycles. The molecule has 22 heavy (non-hydrogen) atoms. The fraction of sp³-hybridized carbons (Fsp3) is 0.133. The number of carbonyl (C=O) groups is 1. The number of halogens is 3. The molecule has 1 N–H and O–H groups in total. The maximum atomic E-state index is 12.5. The van der Waals surface area contributed by atoms with Crippen molar-refractivity contribution in [2.45, 2.75) is 15.5 Å². The highest BCUT2D eigenvalue weighted by Gasteiger charge is 2.12. The van der Waals surface area contributed by atoms with Crippen LogP contribution in [0.2, 0.25) is 0 Å². The lowest BCUT2D eigenvalue weighted by Gasteiger charge is -2.10. The molecule has 0 atom stereocenters. The topological polar surface area (TPSA) is 29.1 Å². The molecule has 2 aromatic carbocycles. The number of hydrogen-bond donors (Lipinski definition) is 1. The quantitative estimate of drug-likeness (QED) is 0.646. The second kappa shape index (κ2) is 8.55. The molecule has 0 saturated carbocycles. The zero-order chi connectivity index (χ0) is 15.9. The molecule has 0 unspecified atom stereocenters. The van der Waals surface area contributed by atoms with Crippen molar-refractivity contribution in [3.8, 4) is 0 Å². The van der Waals surface area contributed by atoms with Gasteiger partial charge in [0.05, 0.1) is 11.4 Å². The van der Waals surface area contributed by atoms with E-state index in [-0.39, 0.29) is 11.7 Å². The minimum absolute atomic E-state index is 0.212. The predicted molar refractivity (Wildman–Crippen MR) is 91.8 cm³/mol. The molecule has 0 spiro atoms. The van der Waals surface area contributed by atoms with Gasteiger partial charge in [-0.25, -0.2) is 0 Å². The first-order valence-electron chi connectivity index (χ1n) is 6.26. The van der Waals surface area contributed by atoms with E-state index in [2.05, 4.69) is 21.2 Å². The van der Waals surface area contributed by atoms with Crippen LogP contribution in [0.1, 0.15) is 0 Å². The largest absolute Gasteiger partial charge is 0.324 e. The Kier molecular flexibility index (Phi) is 6.72. The smallest absolute Gasteiger partial charge is 0.288 e. The molecule has 0 aliphatic rings. The number of carbonyl (C=O) groups excluding carboxylic acids is 1. The number of anilines is 1. The van der Waals surface area contributed by atoms with Crippen LogP contribution in [-0.4, -0.2) is 17.4 Å². The van der Waals surface area contributed by atoms with Gasteiger partial charge in [0.1, 0.15) is 0 Å². The van der Waals surface area contributed by atoms with Gasteiger partial charge in [0.25, 0.3) is 5.76 Å². The average Bonchev–Trinajstić information content (AvgIpc) is 2.47. The van der Waals surface area contributed by atoms with Crippen LogP contribution in [0.15, 0.2) is 62.8 Å². The summed E-state index contributed by atoms with van der Waals surface area (Å²) in [6, 6.07) is 14.2. The zero-order valence-electron chi connectivity index (χ0n) is 11.3. The van der Waals surface area contributed by atoms with Gasteiger partial charge in [-0.15, -0.1) is 11.8 Å². The maximum absolute atomic E-state index is 12.5. The Morgan fingerprint density at radius 2 is 1.95 bits per heavy atom. The molecular formula is C15H12BrF2NOS2. The fourth-order valence-corrected chi connectivity index (χ4v) is 3.56. The van der Waals surface area contributed by atoms with Gasteiger partial charge in [-0.1, -0.05) is 45.9 Å². The molecular weight excluding hydrogens is 392 g/mol. The standard InChI is InChI=1S/C15H12BrF2NOS2/c16-10-4-3-5-11(8-10)21-9-14(20)19-12-6-1-2-7-13(12)22-15(17)18/h1-8,15H,9H2,(H,19,20). The van der Waals surface area contributed by atoms with Gasteiger partial charge in [-0.2, -0.15) is 8.78 Å². The summed E-state index contributed by atoms with van der Waals surface area (Å²) < 4.78 is 25.9. The lowest BCUT2D eigenvalue weighted by molar-refractivity contribution is -0.113. The van der Waals surface area contributed by atoms with Crippen molar-refractivity contribution in [2.75, 3.05) is 11.1 Å². The van der Waals surface area contributed by atoms with Crippen LogP contribution in [0.3, 0.4) is 0 Å². The summed E-state index contributed by atoms with van der Waals surface area (Å²) in [5.74, 6) is -2.54. The Balaban J connectivity index is 1.95. The SMILES string of the molecule is O=C(CSc1cccc(Br)c1)Nc1ccccc1SC(F)F. The predicted octanol–water partition coefficient (Wildman–Crippen LogP) is 5.49. The van der Waals surface area contributed by atoms with E-state index in [1.54, 1.807) is 24.3 Å². The third-order valence-electron chi connectivity index (χ3n) is 2.54. The van der Waals surface area contributed by atoms with Crippen molar-refractivity contribution in [3.05, 3.63) is 53.0 Å². The normalized spacial score (nSPS) is 10.7. The first kappa shape index (κ1) is 17.3. The van der Waals surface area contributed by atoms with E-state index < -0.39 is 5.76 Å². The molecule has 116 valence electrons. The second-order valence-corrected chi connectivity index (χ2v) is 7.17. The monoisotopic (exact) mass is 403 g/mol. The molecule has 0 heterocycles. The van der Waals surface area contributed by atoms with Crippen molar-refractivity contribution >= 4 is 51.0 Å². The molecule has 0 aliphatic heterocycles. The number of nitrogens with one attached hydrogen (secondary N) is 1. The van der Waals surface area contributed by atoms with Crippen molar-refractivity contribution < 1.29 is 13.6 Å². The molecule has 7 heteroatoms. The Morgan fingerprint density at radius 1 is 1.18 bits per heavy atom. The van der Waals surface area contributed by atoms with E-state index in [0.717, 1.165) is 9.37 Å². The summed E-state index contributed by atoms with van der Waals surface area (Å²) >= 11 is 5.17. The maximum Gasteiger partial charge on any atom is 0.288 e. The van der Waals surface area contributed by atoms with E-state index >= 15 is 0 Å². The number of thioether (sulfide) groups is 2. The van der Waals surface area contributed by atoms with Gasteiger partial charge in [0.15, 0.2) is 0 Å². The number of amides is 1. The van der Waals surface area contributed by atoms with Crippen LogP contribution >= 0.6 is 39.5 Å². The molecule has 1 amide bonds. The molecule has 0 fully saturated rings. The number of rotatable bonds is 6. The molecule has 2 nitrogen and oxygen atoms in total. The number of alkyl halides is 2. The third kappa shape index (κ3) is 5.62. The van der Waals surface area contributed by atoms with E-state index in [1.807, 2.05) is 24.3 Å². The van der Waals surface area contributed by atoms with Crippen LogP contribution in [0.25, 0.3) is 0 Å². The van der Waals surface area contributed by atoms with Crippen molar-refractivity contribution in [1.82, 2.24) is 0 Å². The molecule has 0 radical (unpaired) electrons. The summed E-state index contributed by atoms with van der Waals surface area (Å²) in [6.45, 7) is 0. The molecule has 0 bridgehead atoms. The van der Waals surface area contributed by atoms with Gasteiger partial charge in [-0.05, 0) is 30.3 Å². The first-order chi connectivity index (χ1) is 10.5. The van der Waals surface area contributed by atoms with E-state index in [0.29, 0.717) is 22.3 Å². The first-order valence-corrected chi connectivity index (χ1v) is 8.92. The lowest BCUT2D eigenvalue weighted by atomic mass is 10.3. The minimum Gasteiger partial charge on any atom is -0.324 e. The van der Waals surface area contributed by atoms with Gasteiger partial charge in [0.2, 0.25) is 5.91 Å². The number of para-hydroxylation sites is 1. The second-order valence-electron chi connectivity index (χ2n) is 4.17. The minimum atomic E-state index is -2.52. The Hall–Kier alpha value is -1.05. The summed E-state index contributed by atoms with van der Waals surface area (Å²) in [5.41, 5.74) is 0.410. The highest BCUT2D eigenvalue weighted by Crippen LogP contribution is 2.31. The van der Waals surface area contributed by atoms with Gasteiger partial charge < -0.3 is 5.32 Å². The van der Waals surface area contributed by atoms with Crippen molar-refractivity contribution in [1.29, 1.82) is 0 Å². The highest BCUT2D eigenvalue weighted by molar-refractivity contribution is 9.10. The number of benzene rings is 2. The Bertz CT molecular complexity index is 655. The Morgan fingerprint density at radius 3 is 2.68 bits per heavy atom. The van der Waals surface area contributed by atoms with E-state index in [4.69, 9.17) is 0 Å². The van der Waals surface area contributed by atoms with Crippen LogP contribution in [0.5, 0.6) is 0 Å². The fourth-order valence-electron chi connectivity index (χ4n) is 1.66. The van der Waals surface area contributed by atoms with E-state index in [9.17, 15) is 13.6 Å². The van der Waals surface area contributed by atoms with Crippen LogP contribution in [-0.2, 0) is 4.79 Å². The van der Waals surface area contributed by atoms with Crippen molar-refractivity contribution in [3.63, 3.8) is 0 Å².